The van der Waals surface area contributed by atoms with E-state index in [4.69, 9.17) is 4.74 Å². The third-order valence-corrected chi connectivity index (χ3v) is 5.14. The van der Waals surface area contributed by atoms with Gasteiger partial charge in [0.25, 0.3) is 5.91 Å². The van der Waals surface area contributed by atoms with E-state index in [0.717, 1.165) is 24.2 Å². The lowest BCUT2D eigenvalue weighted by Crippen LogP contribution is -2.48. The largest absolute Gasteiger partial charge is 0.452 e. The SMILES string of the molecule is CSc1ccccc1C(=O)OCC(=O)NC(=O)N[C@H]1CCCC[C@H]1C. The average Bonchev–Trinajstić information content (AvgIpc) is 2.61. The highest BCUT2D eigenvalue weighted by Gasteiger charge is 2.23. The summed E-state index contributed by atoms with van der Waals surface area (Å²) in [5.41, 5.74) is 0.406. The molecule has 1 aliphatic carbocycles. The molecule has 25 heavy (non-hydrogen) atoms. The predicted octanol–water partition coefficient (Wildman–Crippen LogP) is 2.97. The fourth-order valence-electron chi connectivity index (χ4n) is 2.92. The maximum absolute atomic E-state index is 12.1. The number of urea groups is 1. The smallest absolute Gasteiger partial charge is 0.339 e. The van der Waals surface area contributed by atoms with Crippen molar-refractivity contribution in [2.24, 2.45) is 5.92 Å². The van der Waals surface area contributed by atoms with Gasteiger partial charge >= 0.3 is 12.0 Å². The Labute approximate surface area is 152 Å². The lowest BCUT2D eigenvalue weighted by molar-refractivity contribution is -0.123. The first-order valence-corrected chi connectivity index (χ1v) is 9.64. The number of imide groups is 1. The molecule has 2 rings (SSSR count). The van der Waals surface area contributed by atoms with Gasteiger partial charge < -0.3 is 10.1 Å². The minimum Gasteiger partial charge on any atom is -0.452 e. The zero-order chi connectivity index (χ0) is 18.2. The van der Waals surface area contributed by atoms with Crippen molar-refractivity contribution in [1.82, 2.24) is 10.6 Å². The van der Waals surface area contributed by atoms with Gasteiger partial charge in [-0.05, 0) is 37.1 Å². The lowest BCUT2D eigenvalue weighted by Gasteiger charge is -2.29. The van der Waals surface area contributed by atoms with E-state index in [-0.39, 0.29) is 6.04 Å². The molecule has 1 saturated carbocycles. The maximum atomic E-state index is 12.1. The topological polar surface area (TPSA) is 84.5 Å². The van der Waals surface area contributed by atoms with Crippen LogP contribution in [0.25, 0.3) is 0 Å². The summed E-state index contributed by atoms with van der Waals surface area (Å²) < 4.78 is 5.00. The highest BCUT2D eigenvalue weighted by atomic mass is 32.2. The Balaban J connectivity index is 1.78. The summed E-state index contributed by atoms with van der Waals surface area (Å²) in [6, 6.07) is 6.55. The average molecular weight is 364 g/mol. The van der Waals surface area contributed by atoms with Gasteiger partial charge in [-0.2, -0.15) is 0 Å². The van der Waals surface area contributed by atoms with E-state index in [9.17, 15) is 14.4 Å². The molecule has 0 radical (unpaired) electrons. The predicted molar refractivity (Wildman–Crippen MR) is 96.6 cm³/mol. The number of thioether (sulfide) groups is 1. The third-order valence-electron chi connectivity index (χ3n) is 4.34. The number of carbonyl (C=O) groups excluding carboxylic acids is 3. The van der Waals surface area contributed by atoms with Crippen LogP contribution in [0.15, 0.2) is 29.2 Å². The second-order valence-electron chi connectivity index (χ2n) is 6.17. The molecule has 0 saturated heterocycles. The molecule has 7 heteroatoms. The van der Waals surface area contributed by atoms with Crippen molar-refractivity contribution in [3.05, 3.63) is 29.8 Å². The normalized spacial score (nSPS) is 19.8. The van der Waals surface area contributed by atoms with Gasteiger partial charge in [0.2, 0.25) is 0 Å². The van der Waals surface area contributed by atoms with Gasteiger partial charge in [0.05, 0.1) is 5.56 Å². The Morgan fingerprint density at radius 1 is 1.20 bits per heavy atom. The molecule has 136 valence electrons. The number of amides is 3. The zero-order valence-corrected chi connectivity index (χ0v) is 15.4. The molecule has 0 unspecified atom stereocenters. The van der Waals surface area contributed by atoms with Crippen LogP contribution in [0.5, 0.6) is 0 Å². The van der Waals surface area contributed by atoms with Crippen molar-refractivity contribution < 1.29 is 19.1 Å². The number of rotatable bonds is 5. The van der Waals surface area contributed by atoms with Crippen LogP contribution in [0.4, 0.5) is 4.79 Å². The molecule has 0 aromatic heterocycles. The summed E-state index contributed by atoms with van der Waals surface area (Å²) in [5, 5.41) is 5.03. The number of esters is 1. The molecule has 0 bridgehead atoms. The van der Waals surface area contributed by atoms with E-state index in [1.807, 2.05) is 12.3 Å². The molecule has 1 fully saturated rings. The number of hydrogen-bond donors (Lipinski definition) is 2. The number of benzene rings is 1. The maximum Gasteiger partial charge on any atom is 0.339 e. The Kier molecular flexibility index (Phi) is 7.31. The molecule has 2 N–H and O–H groups in total. The van der Waals surface area contributed by atoms with Crippen molar-refractivity contribution in [3.63, 3.8) is 0 Å². The van der Waals surface area contributed by atoms with Gasteiger partial charge in [-0.3, -0.25) is 10.1 Å². The Bertz CT molecular complexity index is 635. The Morgan fingerprint density at radius 2 is 1.92 bits per heavy atom. The molecule has 6 nitrogen and oxygen atoms in total. The van der Waals surface area contributed by atoms with Crippen molar-refractivity contribution in [2.75, 3.05) is 12.9 Å². The van der Waals surface area contributed by atoms with Crippen LogP contribution >= 0.6 is 11.8 Å². The molecule has 0 heterocycles. The highest BCUT2D eigenvalue weighted by molar-refractivity contribution is 7.98. The first-order chi connectivity index (χ1) is 12.0. The molecule has 2 atom stereocenters. The Morgan fingerprint density at radius 3 is 2.64 bits per heavy atom. The zero-order valence-electron chi connectivity index (χ0n) is 14.5. The quantitative estimate of drug-likeness (QED) is 0.620. The van der Waals surface area contributed by atoms with E-state index in [0.29, 0.717) is 11.5 Å². The molecule has 1 aliphatic rings. The van der Waals surface area contributed by atoms with Gasteiger partial charge in [0, 0.05) is 10.9 Å². The molecule has 0 spiro atoms. The number of hydrogen-bond acceptors (Lipinski definition) is 5. The number of ether oxygens (including phenoxy) is 1. The second kappa shape index (κ2) is 9.46. The molecular weight excluding hydrogens is 340 g/mol. The summed E-state index contributed by atoms with van der Waals surface area (Å²) in [4.78, 5) is 36.5. The van der Waals surface area contributed by atoms with Crippen molar-refractivity contribution in [2.45, 2.75) is 43.5 Å². The summed E-state index contributed by atoms with van der Waals surface area (Å²) in [5.74, 6) is -0.826. The standard InChI is InChI=1S/C18H24N2O4S/c1-12-7-3-5-9-14(12)19-18(23)20-16(21)11-24-17(22)13-8-4-6-10-15(13)25-2/h4,6,8,10,12,14H,3,5,7,9,11H2,1-2H3,(H2,19,20,21,23)/t12-,14+/m1/s1. The van der Waals surface area contributed by atoms with Crippen molar-refractivity contribution >= 4 is 29.7 Å². The van der Waals surface area contributed by atoms with Crippen LogP contribution < -0.4 is 10.6 Å². The van der Waals surface area contributed by atoms with E-state index in [2.05, 4.69) is 17.6 Å². The third kappa shape index (κ3) is 5.77. The van der Waals surface area contributed by atoms with Gasteiger partial charge in [0.15, 0.2) is 6.61 Å². The Hall–Kier alpha value is -2.02. The van der Waals surface area contributed by atoms with Gasteiger partial charge in [-0.25, -0.2) is 9.59 Å². The summed E-state index contributed by atoms with van der Waals surface area (Å²) in [6.07, 6.45) is 6.10. The van der Waals surface area contributed by atoms with Crippen LogP contribution in [0.1, 0.15) is 43.0 Å². The minimum absolute atomic E-state index is 0.0811. The first-order valence-electron chi connectivity index (χ1n) is 8.41. The number of nitrogens with one attached hydrogen (secondary N) is 2. The first kappa shape index (κ1) is 19.3. The minimum atomic E-state index is -0.643. The van der Waals surface area contributed by atoms with Gasteiger partial charge in [-0.15, -0.1) is 11.8 Å². The highest BCUT2D eigenvalue weighted by Crippen LogP contribution is 2.23. The fraction of sp³-hybridized carbons (Fsp3) is 0.500. The van der Waals surface area contributed by atoms with E-state index in [1.165, 1.54) is 18.2 Å². The van der Waals surface area contributed by atoms with E-state index in [1.54, 1.807) is 18.2 Å². The molecule has 3 amide bonds. The van der Waals surface area contributed by atoms with Gasteiger partial charge in [-0.1, -0.05) is 31.9 Å². The second-order valence-corrected chi connectivity index (χ2v) is 7.01. The summed E-state index contributed by atoms with van der Waals surface area (Å²) >= 11 is 1.42. The fourth-order valence-corrected chi connectivity index (χ4v) is 3.51. The van der Waals surface area contributed by atoms with Crippen LogP contribution in [0, 0.1) is 5.92 Å². The summed E-state index contributed by atoms with van der Waals surface area (Å²) in [7, 11) is 0. The van der Waals surface area contributed by atoms with Crippen LogP contribution in [0.2, 0.25) is 0 Å². The van der Waals surface area contributed by atoms with Crippen LogP contribution in [0.3, 0.4) is 0 Å². The lowest BCUT2D eigenvalue weighted by atomic mass is 9.86. The number of carbonyl (C=O) groups is 3. The van der Waals surface area contributed by atoms with Gasteiger partial charge in [0.1, 0.15) is 0 Å². The van der Waals surface area contributed by atoms with Crippen molar-refractivity contribution in [3.8, 4) is 0 Å². The van der Waals surface area contributed by atoms with E-state index >= 15 is 0 Å². The van der Waals surface area contributed by atoms with Crippen LogP contribution in [-0.4, -0.2) is 36.8 Å². The monoisotopic (exact) mass is 364 g/mol. The van der Waals surface area contributed by atoms with Crippen LogP contribution in [-0.2, 0) is 9.53 Å². The molecule has 1 aromatic carbocycles. The molecular formula is C18H24N2O4S. The molecule has 1 aromatic rings. The van der Waals surface area contributed by atoms with E-state index < -0.39 is 24.5 Å². The van der Waals surface area contributed by atoms with Crippen molar-refractivity contribution in [1.29, 1.82) is 0 Å². The summed E-state index contributed by atoms with van der Waals surface area (Å²) in [6.45, 7) is 1.60. The molecule has 0 aliphatic heterocycles.